The quantitative estimate of drug-likeness (QED) is 0.874. The average molecular weight is 269 g/mol. The third-order valence-corrected chi connectivity index (χ3v) is 3.32. The van der Waals surface area contributed by atoms with Gasteiger partial charge in [0.25, 0.3) is 0 Å². The number of anilines is 3. The molecular formula is C14H15N5O. The van der Waals surface area contributed by atoms with Gasteiger partial charge in [0.05, 0.1) is 13.0 Å². The van der Waals surface area contributed by atoms with Crippen LogP contribution >= 0.6 is 0 Å². The van der Waals surface area contributed by atoms with Crippen molar-refractivity contribution in [2.24, 2.45) is 5.73 Å². The molecule has 2 heterocycles. The number of hydrogen-bond acceptors (Lipinski definition) is 5. The van der Waals surface area contributed by atoms with Crippen molar-refractivity contribution in [2.45, 2.75) is 13.0 Å². The first-order valence-electron chi connectivity index (χ1n) is 6.36. The number of nitrogens with zero attached hydrogens (tertiary/aromatic N) is 3. The van der Waals surface area contributed by atoms with Gasteiger partial charge in [0.15, 0.2) is 0 Å². The summed E-state index contributed by atoms with van der Waals surface area (Å²) >= 11 is 0. The summed E-state index contributed by atoms with van der Waals surface area (Å²) in [6, 6.07) is 7.62. The summed E-state index contributed by atoms with van der Waals surface area (Å²) in [6.07, 6.45) is 2.11. The molecule has 0 aliphatic carbocycles. The molecule has 0 unspecified atom stereocenters. The smallest absolute Gasteiger partial charge is 0.231 e. The van der Waals surface area contributed by atoms with Gasteiger partial charge >= 0.3 is 0 Å². The van der Waals surface area contributed by atoms with E-state index in [0.29, 0.717) is 24.6 Å². The molecule has 1 aliphatic rings. The molecule has 0 saturated carbocycles. The second kappa shape index (κ2) is 4.90. The van der Waals surface area contributed by atoms with E-state index in [4.69, 9.17) is 5.73 Å². The normalized spacial score (nSPS) is 13.5. The van der Waals surface area contributed by atoms with Crippen molar-refractivity contribution in [2.75, 3.05) is 17.3 Å². The van der Waals surface area contributed by atoms with Gasteiger partial charge in [0, 0.05) is 24.6 Å². The highest BCUT2D eigenvalue weighted by Crippen LogP contribution is 2.30. The van der Waals surface area contributed by atoms with Crippen molar-refractivity contribution >= 4 is 23.1 Å². The maximum atomic E-state index is 11.7. The Morgan fingerprint density at radius 1 is 1.40 bits per heavy atom. The van der Waals surface area contributed by atoms with Crippen LogP contribution in [0.15, 0.2) is 30.5 Å². The first-order valence-corrected chi connectivity index (χ1v) is 6.36. The molecule has 0 saturated heterocycles. The van der Waals surface area contributed by atoms with Crippen LogP contribution in [0, 0.1) is 0 Å². The van der Waals surface area contributed by atoms with Crippen molar-refractivity contribution in [1.29, 1.82) is 0 Å². The van der Waals surface area contributed by atoms with Gasteiger partial charge in [-0.25, -0.2) is 9.97 Å². The van der Waals surface area contributed by atoms with Gasteiger partial charge < -0.3 is 16.0 Å². The molecule has 0 fully saturated rings. The number of nitrogens with one attached hydrogen (secondary N) is 1. The molecule has 1 aromatic carbocycles. The van der Waals surface area contributed by atoms with Crippen molar-refractivity contribution < 1.29 is 4.79 Å². The van der Waals surface area contributed by atoms with E-state index in [1.807, 2.05) is 18.2 Å². The monoisotopic (exact) mass is 269 g/mol. The standard InChI is InChI=1S/C14H15N5O/c1-19-11-3-2-10(6-9(11)7-14(19)20)17-12-4-5-16-13(8-15)18-12/h2-6H,7-8,15H2,1H3,(H,16,17,18). The number of hydrogen-bond donors (Lipinski definition) is 2. The van der Waals surface area contributed by atoms with Crippen LogP contribution in [0.3, 0.4) is 0 Å². The number of amides is 1. The average Bonchev–Trinajstić information content (AvgIpc) is 2.74. The van der Waals surface area contributed by atoms with Gasteiger partial charge in [-0.1, -0.05) is 0 Å². The Bertz CT molecular complexity index is 670. The van der Waals surface area contributed by atoms with Crippen LogP contribution in [0.5, 0.6) is 0 Å². The highest BCUT2D eigenvalue weighted by Gasteiger charge is 2.23. The minimum atomic E-state index is 0.115. The van der Waals surface area contributed by atoms with E-state index in [9.17, 15) is 4.79 Å². The van der Waals surface area contributed by atoms with Crippen molar-refractivity contribution in [3.63, 3.8) is 0 Å². The molecule has 2 aromatic rings. The molecule has 1 aliphatic heterocycles. The van der Waals surface area contributed by atoms with Crippen LogP contribution in [0.4, 0.5) is 17.2 Å². The molecular weight excluding hydrogens is 254 g/mol. The van der Waals surface area contributed by atoms with Gasteiger partial charge in [0.1, 0.15) is 11.6 Å². The van der Waals surface area contributed by atoms with E-state index in [2.05, 4.69) is 15.3 Å². The predicted molar refractivity (Wildman–Crippen MR) is 76.8 cm³/mol. The second-order valence-corrected chi connectivity index (χ2v) is 4.66. The largest absolute Gasteiger partial charge is 0.340 e. The topological polar surface area (TPSA) is 84.1 Å². The highest BCUT2D eigenvalue weighted by molar-refractivity contribution is 6.01. The number of carbonyl (C=O) groups is 1. The molecule has 20 heavy (non-hydrogen) atoms. The fraction of sp³-hybridized carbons (Fsp3) is 0.214. The van der Waals surface area contributed by atoms with E-state index < -0.39 is 0 Å². The van der Waals surface area contributed by atoms with Gasteiger partial charge in [0.2, 0.25) is 5.91 Å². The molecule has 6 heteroatoms. The summed E-state index contributed by atoms with van der Waals surface area (Å²) in [7, 11) is 1.79. The van der Waals surface area contributed by atoms with Gasteiger partial charge in [-0.3, -0.25) is 4.79 Å². The highest BCUT2D eigenvalue weighted by atomic mass is 16.2. The Balaban J connectivity index is 1.86. The Morgan fingerprint density at radius 3 is 3.05 bits per heavy atom. The summed E-state index contributed by atoms with van der Waals surface area (Å²) in [5, 5.41) is 3.20. The maximum absolute atomic E-state index is 11.7. The first-order chi connectivity index (χ1) is 9.67. The van der Waals surface area contributed by atoms with Crippen LogP contribution in [0.2, 0.25) is 0 Å². The summed E-state index contributed by atoms with van der Waals surface area (Å²) in [5.41, 5.74) is 8.40. The molecule has 1 aromatic heterocycles. The van der Waals surface area contributed by atoms with E-state index in [1.54, 1.807) is 24.2 Å². The Labute approximate surface area is 116 Å². The maximum Gasteiger partial charge on any atom is 0.231 e. The Kier molecular flexibility index (Phi) is 3.08. The molecule has 6 nitrogen and oxygen atoms in total. The number of fused-ring (bicyclic) bond motifs is 1. The van der Waals surface area contributed by atoms with Gasteiger partial charge in [-0.05, 0) is 29.8 Å². The zero-order valence-corrected chi connectivity index (χ0v) is 11.1. The van der Waals surface area contributed by atoms with Crippen LogP contribution in [-0.4, -0.2) is 22.9 Å². The van der Waals surface area contributed by atoms with E-state index in [-0.39, 0.29) is 5.91 Å². The zero-order chi connectivity index (χ0) is 14.1. The Morgan fingerprint density at radius 2 is 2.25 bits per heavy atom. The van der Waals surface area contributed by atoms with Crippen LogP contribution in [0.25, 0.3) is 0 Å². The number of nitrogens with two attached hydrogens (primary N) is 1. The number of rotatable bonds is 3. The number of aromatic nitrogens is 2. The first kappa shape index (κ1) is 12.6. The lowest BCUT2D eigenvalue weighted by Crippen LogP contribution is -2.20. The van der Waals surface area contributed by atoms with Gasteiger partial charge in [-0.15, -0.1) is 0 Å². The summed E-state index contributed by atoms with van der Waals surface area (Å²) in [6.45, 7) is 0.305. The van der Waals surface area contributed by atoms with Crippen LogP contribution in [0.1, 0.15) is 11.4 Å². The molecule has 102 valence electrons. The molecule has 0 atom stereocenters. The Hall–Kier alpha value is -2.47. The molecule has 3 N–H and O–H groups in total. The third kappa shape index (κ3) is 2.21. The third-order valence-electron chi connectivity index (χ3n) is 3.32. The lowest BCUT2D eigenvalue weighted by molar-refractivity contribution is -0.117. The number of likely N-dealkylation sites (N-methyl/N-ethyl adjacent to an activating group) is 1. The zero-order valence-electron chi connectivity index (χ0n) is 11.1. The van der Waals surface area contributed by atoms with Crippen molar-refractivity contribution in [1.82, 2.24) is 9.97 Å². The van der Waals surface area contributed by atoms with Crippen molar-refractivity contribution in [3.05, 3.63) is 41.9 Å². The fourth-order valence-corrected chi connectivity index (χ4v) is 2.26. The summed E-state index contributed by atoms with van der Waals surface area (Å²) in [4.78, 5) is 21.7. The predicted octanol–water partition coefficient (Wildman–Crippen LogP) is 1.20. The SMILES string of the molecule is CN1C(=O)Cc2cc(Nc3ccnc(CN)n3)ccc21. The lowest BCUT2D eigenvalue weighted by atomic mass is 10.1. The fourth-order valence-electron chi connectivity index (χ4n) is 2.26. The number of benzene rings is 1. The molecule has 1 amide bonds. The van der Waals surface area contributed by atoms with E-state index in [0.717, 1.165) is 16.9 Å². The molecule has 0 spiro atoms. The number of carbonyl (C=O) groups excluding carboxylic acids is 1. The van der Waals surface area contributed by atoms with Crippen LogP contribution in [-0.2, 0) is 17.8 Å². The van der Waals surface area contributed by atoms with Crippen molar-refractivity contribution in [3.8, 4) is 0 Å². The summed E-state index contributed by atoms with van der Waals surface area (Å²) < 4.78 is 0. The van der Waals surface area contributed by atoms with E-state index in [1.165, 1.54) is 0 Å². The van der Waals surface area contributed by atoms with Crippen LogP contribution < -0.4 is 16.0 Å². The van der Waals surface area contributed by atoms with E-state index >= 15 is 0 Å². The molecule has 0 radical (unpaired) electrons. The van der Waals surface area contributed by atoms with Gasteiger partial charge in [-0.2, -0.15) is 0 Å². The minimum absolute atomic E-state index is 0.115. The lowest BCUT2D eigenvalue weighted by Gasteiger charge is -2.11. The minimum Gasteiger partial charge on any atom is -0.340 e. The molecule has 3 rings (SSSR count). The molecule has 0 bridgehead atoms. The second-order valence-electron chi connectivity index (χ2n) is 4.66. The summed E-state index contributed by atoms with van der Waals surface area (Å²) in [5.74, 6) is 1.40.